The maximum absolute atomic E-state index is 5.76. The fraction of sp³-hybridized carbons (Fsp3) is 0.417. The van der Waals surface area contributed by atoms with E-state index in [4.69, 9.17) is 5.73 Å². The van der Waals surface area contributed by atoms with E-state index in [1.54, 1.807) is 0 Å². The van der Waals surface area contributed by atoms with E-state index in [1.807, 2.05) is 17.8 Å². The van der Waals surface area contributed by atoms with E-state index in [-0.39, 0.29) is 0 Å². The lowest BCUT2D eigenvalue weighted by atomic mass is 10.0. The maximum atomic E-state index is 5.76. The Bertz CT molecular complexity index is 483. The highest BCUT2D eigenvalue weighted by Crippen LogP contribution is 2.27. The van der Waals surface area contributed by atoms with E-state index < -0.39 is 0 Å². The van der Waals surface area contributed by atoms with Gasteiger partial charge in [-0.3, -0.25) is 4.68 Å². The van der Waals surface area contributed by atoms with Gasteiger partial charge < -0.3 is 5.73 Å². The van der Waals surface area contributed by atoms with Gasteiger partial charge in [0.25, 0.3) is 0 Å². The first-order chi connectivity index (χ1) is 7.15. The maximum Gasteiger partial charge on any atom is 0.0731 e. The molecule has 0 radical (unpaired) electrons. The first kappa shape index (κ1) is 10.2. The van der Waals surface area contributed by atoms with Crippen molar-refractivity contribution in [3.8, 4) is 0 Å². The number of nitrogens with two attached hydrogens (primary N) is 1. The molecule has 2 aromatic rings. The number of nitrogens with zero attached hydrogens (tertiary/aromatic N) is 2. The van der Waals surface area contributed by atoms with Crippen LogP contribution in [0.4, 0.5) is 0 Å². The summed E-state index contributed by atoms with van der Waals surface area (Å²) in [6, 6.07) is 6.21. The summed E-state index contributed by atoms with van der Waals surface area (Å²) in [7, 11) is 1.98. The van der Waals surface area contributed by atoms with E-state index in [2.05, 4.69) is 31.1 Å². The van der Waals surface area contributed by atoms with Crippen LogP contribution in [0.2, 0.25) is 0 Å². The van der Waals surface area contributed by atoms with Gasteiger partial charge in [0.2, 0.25) is 0 Å². The minimum atomic E-state index is 0.432. The Kier molecular flexibility index (Phi) is 2.49. The third-order valence-corrected chi connectivity index (χ3v) is 2.76. The largest absolute Gasteiger partial charge is 0.326 e. The minimum Gasteiger partial charge on any atom is -0.326 e. The molecule has 0 spiro atoms. The second kappa shape index (κ2) is 3.66. The number of aryl methyl sites for hydroxylation is 1. The zero-order valence-corrected chi connectivity index (χ0v) is 9.49. The van der Waals surface area contributed by atoms with E-state index in [9.17, 15) is 0 Å². The van der Waals surface area contributed by atoms with E-state index in [0.717, 1.165) is 5.69 Å². The zero-order valence-electron chi connectivity index (χ0n) is 9.49. The molecule has 15 heavy (non-hydrogen) atoms. The van der Waals surface area contributed by atoms with Crippen LogP contribution in [0.5, 0.6) is 0 Å². The third kappa shape index (κ3) is 1.53. The second-order valence-electron chi connectivity index (χ2n) is 4.18. The van der Waals surface area contributed by atoms with Gasteiger partial charge in [-0.1, -0.05) is 26.0 Å². The van der Waals surface area contributed by atoms with Crippen molar-refractivity contribution in [1.29, 1.82) is 0 Å². The second-order valence-corrected chi connectivity index (χ2v) is 4.18. The summed E-state index contributed by atoms with van der Waals surface area (Å²) in [6.07, 6.45) is 0. The Morgan fingerprint density at radius 1 is 1.40 bits per heavy atom. The summed E-state index contributed by atoms with van der Waals surface area (Å²) < 4.78 is 1.93. The van der Waals surface area contributed by atoms with Gasteiger partial charge in [-0.05, 0) is 17.5 Å². The Hall–Kier alpha value is -1.35. The van der Waals surface area contributed by atoms with Crippen molar-refractivity contribution in [2.24, 2.45) is 12.8 Å². The van der Waals surface area contributed by atoms with E-state index in [1.165, 1.54) is 16.5 Å². The van der Waals surface area contributed by atoms with Crippen molar-refractivity contribution in [2.45, 2.75) is 26.3 Å². The van der Waals surface area contributed by atoms with Gasteiger partial charge in [-0.2, -0.15) is 5.10 Å². The molecule has 0 fully saturated rings. The molecule has 0 aliphatic carbocycles. The van der Waals surface area contributed by atoms with Crippen molar-refractivity contribution in [1.82, 2.24) is 9.78 Å². The molecule has 2 N–H and O–H groups in total. The number of rotatable bonds is 2. The lowest BCUT2D eigenvalue weighted by molar-refractivity contribution is 0.729. The lowest BCUT2D eigenvalue weighted by Crippen LogP contribution is -1.98. The number of aromatic nitrogens is 2. The Labute approximate surface area is 89.9 Å². The molecule has 80 valence electrons. The monoisotopic (exact) mass is 203 g/mol. The van der Waals surface area contributed by atoms with Crippen molar-refractivity contribution < 1.29 is 0 Å². The SMILES string of the molecule is CC(C)c1nn(C)c2cccc(CN)c12. The highest BCUT2D eigenvalue weighted by atomic mass is 15.3. The molecule has 3 heteroatoms. The van der Waals surface area contributed by atoms with Gasteiger partial charge in [-0.25, -0.2) is 0 Å². The molecule has 0 bridgehead atoms. The van der Waals surface area contributed by atoms with Crippen LogP contribution in [0.1, 0.15) is 31.0 Å². The standard InChI is InChI=1S/C12H17N3/c1-8(2)12-11-9(7-13)5-4-6-10(11)15(3)14-12/h4-6,8H,7,13H2,1-3H3. The van der Waals surface area contributed by atoms with E-state index in [0.29, 0.717) is 12.5 Å². The van der Waals surface area contributed by atoms with Crippen LogP contribution >= 0.6 is 0 Å². The highest BCUT2D eigenvalue weighted by molar-refractivity contribution is 5.86. The zero-order chi connectivity index (χ0) is 11.0. The fourth-order valence-electron chi connectivity index (χ4n) is 1.99. The van der Waals surface area contributed by atoms with Gasteiger partial charge >= 0.3 is 0 Å². The van der Waals surface area contributed by atoms with Gasteiger partial charge in [0.15, 0.2) is 0 Å². The number of hydrogen-bond acceptors (Lipinski definition) is 2. The smallest absolute Gasteiger partial charge is 0.0731 e. The molecule has 1 heterocycles. The molecule has 3 nitrogen and oxygen atoms in total. The summed E-state index contributed by atoms with van der Waals surface area (Å²) in [5.41, 5.74) is 9.26. The minimum absolute atomic E-state index is 0.432. The molecule has 2 rings (SSSR count). The molecule has 0 atom stereocenters. The fourth-order valence-corrected chi connectivity index (χ4v) is 1.99. The predicted molar refractivity (Wildman–Crippen MR) is 62.7 cm³/mol. The normalized spacial score (nSPS) is 11.5. The van der Waals surface area contributed by atoms with Gasteiger partial charge in [0.1, 0.15) is 0 Å². The van der Waals surface area contributed by atoms with Crippen LogP contribution < -0.4 is 5.73 Å². The van der Waals surface area contributed by atoms with Crippen LogP contribution in [-0.2, 0) is 13.6 Å². The average molecular weight is 203 g/mol. The van der Waals surface area contributed by atoms with Crippen molar-refractivity contribution in [3.63, 3.8) is 0 Å². The summed E-state index contributed by atoms with van der Waals surface area (Å²) in [6.45, 7) is 4.90. The number of fused-ring (bicyclic) bond motifs is 1. The Morgan fingerprint density at radius 3 is 2.73 bits per heavy atom. The summed E-state index contributed by atoms with van der Waals surface area (Å²) in [5.74, 6) is 0.432. The van der Waals surface area contributed by atoms with Crippen LogP contribution in [-0.4, -0.2) is 9.78 Å². The van der Waals surface area contributed by atoms with Crippen molar-refractivity contribution in [3.05, 3.63) is 29.5 Å². The Balaban J connectivity index is 2.82. The first-order valence-electron chi connectivity index (χ1n) is 5.29. The number of benzene rings is 1. The highest BCUT2D eigenvalue weighted by Gasteiger charge is 2.13. The molecular weight excluding hydrogens is 186 g/mol. The third-order valence-electron chi connectivity index (χ3n) is 2.76. The Morgan fingerprint density at radius 2 is 2.13 bits per heavy atom. The molecule has 0 aliphatic rings. The molecule has 0 amide bonds. The molecule has 0 aliphatic heterocycles. The molecule has 1 aromatic carbocycles. The molecule has 0 saturated carbocycles. The van der Waals surface area contributed by atoms with Crippen LogP contribution in [0.15, 0.2) is 18.2 Å². The first-order valence-corrected chi connectivity index (χ1v) is 5.29. The van der Waals surface area contributed by atoms with E-state index >= 15 is 0 Å². The topological polar surface area (TPSA) is 43.8 Å². The van der Waals surface area contributed by atoms with Crippen LogP contribution in [0.3, 0.4) is 0 Å². The molecular formula is C12H17N3. The van der Waals surface area contributed by atoms with Crippen molar-refractivity contribution in [2.75, 3.05) is 0 Å². The van der Waals surface area contributed by atoms with Gasteiger partial charge in [-0.15, -0.1) is 0 Å². The molecule has 1 aromatic heterocycles. The molecule has 0 unspecified atom stereocenters. The van der Waals surface area contributed by atoms with Gasteiger partial charge in [0.05, 0.1) is 11.2 Å². The van der Waals surface area contributed by atoms with Crippen LogP contribution in [0.25, 0.3) is 10.9 Å². The summed E-state index contributed by atoms with van der Waals surface area (Å²) in [4.78, 5) is 0. The van der Waals surface area contributed by atoms with Gasteiger partial charge in [0, 0.05) is 19.0 Å². The van der Waals surface area contributed by atoms with Crippen molar-refractivity contribution >= 4 is 10.9 Å². The van der Waals surface area contributed by atoms with Crippen LogP contribution in [0, 0.1) is 0 Å². The predicted octanol–water partition coefficient (Wildman–Crippen LogP) is 2.16. The summed E-state index contributed by atoms with van der Waals surface area (Å²) >= 11 is 0. The summed E-state index contributed by atoms with van der Waals surface area (Å²) in [5, 5.41) is 5.79. The number of hydrogen-bond donors (Lipinski definition) is 1. The quantitative estimate of drug-likeness (QED) is 0.812. The molecule has 0 saturated heterocycles. The lowest BCUT2D eigenvalue weighted by Gasteiger charge is -2.04. The average Bonchev–Trinajstić information content (AvgIpc) is 2.56.